The van der Waals surface area contributed by atoms with Crippen molar-refractivity contribution in [3.05, 3.63) is 30.1 Å². The van der Waals surface area contributed by atoms with Gasteiger partial charge in [-0.3, -0.25) is 4.98 Å². The van der Waals surface area contributed by atoms with Gasteiger partial charge >= 0.3 is 0 Å². The van der Waals surface area contributed by atoms with Crippen LogP contribution in [0.15, 0.2) is 24.5 Å². The first kappa shape index (κ1) is 14.4. The van der Waals surface area contributed by atoms with Crippen LogP contribution in [0, 0.1) is 0 Å². The van der Waals surface area contributed by atoms with E-state index in [-0.39, 0.29) is 12.1 Å². The van der Waals surface area contributed by atoms with E-state index < -0.39 is 0 Å². The molecule has 106 valence electrons. The quantitative estimate of drug-likeness (QED) is 0.853. The van der Waals surface area contributed by atoms with Crippen LogP contribution in [0.1, 0.15) is 31.7 Å². The van der Waals surface area contributed by atoms with E-state index in [9.17, 15) is 0 Å². The second kappa shape index (κ2) is 7.58. The number of ether oxygens (including phenoxy) is 2. The molecule has 4 heteroatoms. The zero-order valence-electron chi connectivity index (χ0n) is 11.8. The van der Waals surface area contributed by atoms with Crippen LogP contribution in [0.25, 0.3) is 0 Å². The van der Waals surface area contributed by atoms with Crippen molar-refractivity contribution in [3.8, 4) is 0 Å². The van der Waals surface area contributed by atoms with E-state index in [0.717, 1.165) is 13.0 Å². The maximum Gasteiger partial charge on any atom is 0.0967 e. The Hall–Kier alpha value is -0.970. The number of aromatic nitrogens is 1. The zero-order valence-corrected chi connectivity index (χ0v) is 11.8. The van der Waals surface area contributed by atoms with Crippen molar-refractivity contribution in [1.82, 2.24) is 10.3 Å². The summed E-state index contributed by atoms with van der Waals surface area (Å²) in [5, 5.41) is 3.61. The lowest BCUT2D eigenvalue weighted by atomic mass is 9.90. The third-order valence-electron chi connectivity index (χ3n) is 3.64. The summed E-state index contributed by atoms with van der Waals surface area (Å²) >= 11 is 0. The van der Waals surface area contributed by atoms with Crippen molar-refractivity contribution in [1.29, 1.82) is 0 Å². The molecule has 3 atom stereocenters. The lowest BCUT2D eigenvalue weighted by molar-refractivity contribution is -0.104. The minimum atomic E-state index is 0.128. The van der Waals surface area contributed by atoms with Gasteiger partial charge in [0.15, 0.2) is 0 Å². The molecule has 1 aromatic rings. The average molecular weight is 264 g/mol. The first-order chi connectivity index (χ1) is 9.33. The number of hydrogen-bond donors (Lipinski definition) is 1. The predicted molar refractivity (Wildman–Crippen MR) is 75.3 cm³/mol. The van der Waals surface area contributed by atoms with Gasteiger partial charge in [-0.1, -0.05) is 13.8 Å². The molecule has 1 aliphatic heterocycles. The van der Waals surface area contributed by atoms with Crippen molar-refractivity contribution in [2.75, 3.05) is 26.4 Å². The topological polar surface area (TPSA) is 43.4 Å². The molecule has 0 radical (unpaired) electrons. The zero-order chi connectivity index (χ0) is 13.5. The number of hydrogen-bond acceptors (Lipinski definition) is 4. The van der Waals surface area contributed by atoms with Gasteiger partial charge in [0.1, 0.15) is 0 Å². The number of nitrogens with one attached hydrogen (secondary N) is 1. The molecule has 1 aliphatic rings. The van der Waals surface area contributed by atoms with Gasteiger partial charge in [-0.15, -0.1) is 0 Å². The van der Waals surface area contributed by atoms with Gasteiger partial charge in [-0.25, -0.2) is 0 Å². The second-order valence-electron chi connectivity index (χ2n) is 5.03. The van der Waals surface area contributed by atoms with Gasteiger partial charge in [-0.05, 0) is 36.6 Å². The van der Waals surface area contributed by atoms with E-state index in [1.54, 1.807) is 0 Å². The predicted octanol–water partition coefficient (Wildman–Crippen LogP) is 1.97. The van der Waals surface area contributed by atoms with Crippen molar-refractivity contribution >= 4 is 0 Å². The summed E-state index contributed by atoms with van der Waals surface area (Å²) < 4.78 is 11.4. The molecule has 2 rings (SSSR count). The van der Waals surface area contributed by atoms with E-state index >= 15 is 0 Å². The van der Waals surface area contributed by atoms with Crippen LogP contribution in [0.5, 0.6) is 0 Å². The van der Waals surface area contributed by atoms with Crippen molar-refractivity contribution in [2.24, 2.45) is 0 Å². The molecule has 1 N–H and O–H groups in total. The number of nitrogens with zero attached hydrogens (tertiary/aromatic N) is 1. The monoisotopic (exact) mass is 264 g/mol. The van der Waals surface area contributed by atoms with Crippen LogP contribution in [0.4, 0.5) is 0 Å². The molecule has 0 spiro atoms. The van der Waals surface area contributed by atoms with Crippen molar-refractivity contribution in [2.45, 2.75) is 38.3 Å². The van der Waals surface area contributed by atoms with Crippen LogP contribution in [-0.4, -0.2) is 43.5 Å². The molecular weight excluding hydrogens is 240 g/mol. The van der Waals surface area contributed by atoms with Crippen LogP contribution >= 0.6 is 0 Å². The van der Waals surface area contributed by atoms with E-state index in [4.69, 9.17) is 9.47 Å². The Morgan fingerprint density at radius 1 is 1.37 bits per heavy atom. The van der Waals surface area contributed by atoms with E-state index in [0.29, 0.717) is 25.7 Å². The molecule has 1 fully saturated rings. The Bertz CT molecular complexity index is 352. The summed E-state index contributed by atoms with van der Waals surface area (Å²) in [6.45, 7) is 7.50. The van der Waals surface area contributed by atoms with Crippen LogP contribution in [0.3, 0.4) is 0 Å². The molecule has 0 bridgehead atoms. The summed E-state index contributed by atoms with van der Waals surface area (Å²) in [6.07, 6.45) is 4.94. The van der Waals surface area contributed by atoms with Gasteiger partial charge in [0, 0.05) is 18.4 Å². The Labute approximate surface area is 115 Å². The molecular formula is C15H24N2O2. The Morgan fingerprint density at radius 2 is 2.16 bits per heavy atom. The molecule has 19 heavy (non-hydrogen) atoms. The lowest BCUT2D eigenvalue weighted by Crippen LogP contribution is -2.49. The Balaban J connectivity index is 2.07. The summed E-state index contributed by atoms with van der Waals surface area (Å²) in [7, 11) is 0. The third-order valence-corrected chi connectivity index (χ3v) is 3.64. The fourth-order valence-electron chi connectivity index (χ4n) is 2.53. The summed E-state index contributed by atoms with van der Waals surface area (Å²) in [6, 6.07) is 4.44. The van der Waals surface area contributed by atoms with Crippen molar-refractivity contribution < 1.29 is 9.47 Å². The van der Waals surface area contributed by atoms with E-state index in [1.165, 1.54) is 5.56 Å². The maximum absolute atomic E-state index is 5.88. The minimum Gasteiger partial charge on any atom is -0.376 e. The van der Waals surface area contributed by atoms with Gasteiger partial charge in [0.05, 0.1) is 25.9 Å². The fourth-order valence-corrected chi connectivity index (χ4v) is 2.53. The van der Waals surface area contributed by atoms with E-state index in [1.807, 2.05) is 12.4 Å². The molecule has 0 amide bonds. The fraction of sp³-hybridized carbons (Fsp3) is 0.667. The third kappa shape index (κ3) is 4.00. The number of pyridine rings is 1. The Kier molecular flexibility index (Phi) is 5.76. The smallest absolute Gasteiger partial charge is 0.0967 e. The summed E-state index contributed by atoms with van der Waals surface area (Å²) in [5.41, 5.74) is 1.29. The average Bonchev–Trinajstić information content (AvgIpc) is 2.49. The Morgan fingerprint density at radius 3 is 2.79 bits per heavy atom. The molecule has 0 saturated carbocycles. The standard InChI is InChI=1S/C15H24N2O2/c1-3-6-17-15(14-11-18-9-10-19-14)12(2)13-4-7-16-8-5-13/h4-5,7-8,12,14-15,17H,3,6,9-11H2,1-2H3. The molecule has 2 heterocycles. The highest BCUT2D eigenvalue weighted by Gasteiger charge is 2.29. The normalized spacial score (nSPS) is 22.9. The molecule has 3 unspecified atom stereocenters. The SMILES string of the molecule is CCCNC(C1COCCO1)C(C)c1ccncc1. The van der Waals surface area contributed by atoms with Crippen LogP contribution in [0.2, 0.25) is 0 Å². The molecule has 1 saturated heterocycles. The second-order valence-corrected chi connectivity index (χ2v) is 5.03. The minimum absolute atomic E-state index is 0.128. The van der Waals surface area contributed by atoms with Gasteiger partial charge in [0.25, 0.3) is 0 Å². The molecule has 0 aromatic carbocycles. The summed E-state index contributed by atoms with van der Waals surface area (Å²) in [5.74, 6) is 0.376. The largest absolute Gasteiger partial charge is 0.376 e. The lowest BCUT2D eigenvalue weighted by Gasteiger charge is -2.35. The van der Waals surface area contributed by atoms with Gasteiger partial charge in [0.2, 0.25) is 0 Å². The van der Waals surface area contributed by atoms with Crippen LogP contribution in [-0.2, 0) is 9.47 Å². The first-order valence-electron chi connectivity index (χ1n) is 7.15. The first-order valence-corrected chi connectivity index (χ1v) is 7.15. The molecule has 1 aromatic heterocycles. The summed E-state index contributed by atoms with van der Waals surface area (Å²) in [4.78, 5) is 4.09. The van der Waals surface area contributed by atoms with Crippen LogP contribution < -0.4 is 5.32 Å². The highest BCUT2D eigenvalue weighted by molar-refractivity contribution is 5.18. The van der Waals surface area contributed by atoms with Crippen molar-refractivity contribution in [3.63, 3.8) is 0 Å². The molecule has 0 aliphatic carbocycles. The van der Waals surface area contributed by atoms with Gasteiger partial charge in [-0.2, -0.15) is 0 Å². The highest BCUT2D eigenvalue weighted by Crippen LogP contribution is 2.23. The highest BCUT2D eigenvalue weighted by atomic mass is 16.6. The number of rotatable bonds is 6. The maximum atomic E-state index is 5.88. The molecule has 4 nitrogen and oxygen atoms in total. The van der Waals surface area contributed by atoms with Gasteiger partial charge < -0.3 is 14.8 Å². The van der Waals surface area contributed by atoms with E-state index in [2.05, 4.69) is 36.3 Å².